The van der Waals surface area contributed by atoms with Crippen molar-refractivity contribution in [3.8, 4) is 5.69 Å². The molecule has 0 bridgehead atoms. The molecule has 1 aromatic heterocycles. The fourth-order valence-corrected chi connectivity index (χ4v) is 3.82. The minimum absolute atomic E-state index is 0.102. The molecule has 1 fully saturated rings. The van der Waals surface area contributed by atoms with Crippen molar-refractivity contribution in [3.05, 3.63) is 80.2 Å². The van der Waals surface area contributed by atoms with Crippen LogP contribution in [-0.2, 0) is 6.54 Å². The Kier molecular flexibility index (Phi) is 5.79. The highest BCUT2D eigenvalue weighted by molar-refractivity contribution is 6.33. The lowest BCUT2D eigenvalue weighted by Crippen LogP contribution is -2.22. The van der Waals surface area contributed by atoms with E-state index in [1.165, 1.54) is 23.2 Å². The Hall–Kier alpha value is -2.50. The van der Waals surface area contributed by atoms with E-state index in [2.05, 4.69) is 39.6 Å². The average molecular weight is 429 g/mol. The minimum Gasteiger partial charge on any atom is -0.378 e. The van der Waals surface area contributed by atoms with Gasteiger partial charge in [-0.3, -0.25) is 4.79 Å². The van der Waals surface area contributed by atoms with Gasteiger partial charge in [0.05, 0.1) is 17.6 Å². The quantitative estimate of drug-likeness (QED) is 0.616. The molecular formula is C22H22Cl2N4O. The highest BCUT2D eigenvalue weighted by atomic mass is 35.5. The normalized spacial score (nSPS) is 13.7. The van der Waals surface area contributed by atoms with E-state index in [1.807, 2.05) is 13.0 Å². The van der Waals surface area contributed by atoms with E-state index in [9.17, 15) is 4.79 Å². The first-order chi connectivity index (χ1) is 14.0. The van der Waals surface area contributed by atoms with Gasteiger partial charge in [-0.05, 0) is 55.2 Å². The summed E-state index contributed by atoms with van der Waals surface area (Å²) in [5.41, 5.74) is 4.00. The van der Waals surface area contributed by atoms with Crippen molar-refractivity contribution >= 4 is 34.6 Å². The predicted octanol–water partition coefficient (Wildman–Crippen LogP) is 5.06. The number of aryl methyl sites for hydroxylation is 1. The van der Waals surface area contributed by atoms with Gasteiger partial charge >= 0.3 is 0 Å². The van der Waals surface area contributed by atoms with Gasteiger partial charge in [0.25, 0.3) is 5.56 Å². The zero-order chi connectivity index (χ0) is 20.4. The van der Waals surface area contributed by atoms with Crippen LogP contribution in [0, 0.1) is 6.92 Å². The number of hydrogen-bond donors (Lipinski definition) is 1. The molecule has 0 unspecified atom stereocenters. The summed E-state index contributed by atoms with van der Waals surface area (Å²) in [6.45, 7) is 4.71. The number of benzene rings is 2. The largest absolute Gasteiger partial charge is 0.378 e. The van der Waals surface area contributed by atoms with Gasteiger partial charge in [-0.1, -0.05) is 41.4 Å². The van der Waals surface area contributed by atoms with E-state index in [0.717, 1.165) is 24.2 Å². The smallest absolute Gasteiger partial charge is 0.292 e. The fourth-order valence-electron chi connectivity index (χ4n) is 3.45. The Morgan fingerprint density at radius 1 is 1.03 bits per heavy atom. The van der Waals surface area contributed by atoms with E-state index in [1.54, 1.807) is 18.3 Å². The summed E-state index contributed by atoms with van der Waals surface area (Å²) in [5, 5.41) is 8.14. The van der Waals surface area contributed by atoms with Gasteiger partial charge in [-0.2, -0.15) is 9.78 Å². The molecule has 0 aliphatic carbocycles. The lowest BCUT2D eigenvalue weighted by atomic mass is 10.2. The third-order valence-corrected chi connectivity index (χ3v) is 5.98. The van der Waals surface area contributed by atoms with E-state index < -0.39 is 0 Å². The molecule has 1 aliphatic rings. The van der Waals surface area contributed by atoms with Gasteiger partial charge < -0.3 is 10.2 Å². The maximum atomic E-state index is 12.7. The van der Waals surface area contributed by atoms with Crippen molar-refractivity contribution in [2.24, 2.45) is 0 Å². The number of rotatable bonds is 5. The van der Waals surface area contributed by atoms with Crippen LogP contribution in [0.3, 0.4) is 0 Å². The van der Waals surface area contributed by atoms with Crippen LogP contribution in [0.2, 0.25) is 10.0 Å². The topological polar surface area (TPSA) is 50.2 Å². The molecule has 2 heterocycles. The van der Waals surface area contributed by atoms with Crippen LogP contribution >= 0.6 is 23.2 Å². The highest BCUT2D eigenvalue weighted by Crippen LogP contribution is 2.23. The van der Waals surface area contributed by atoms with Crippen LogP contribution in [0.5, 0.6) is 0 Å². The molecule has 0 amide bonds. The molecule has 1 aliphatic heterocycles. The van der Waals surface area contributed by atoms with Crippen molar-refractivity contribution in [2.75, 3.05) is 23.3 Å². The molecule has 4 rings (SSSR count). The molecule has 3 aromatic rings. The minimum atomic E-state index is -0.388. The van der Waals surface area contributed by atoms with E-state index in [-0.39, 0.29) is 10.6 Å². The van der Waals surface area contributed by atoms with E-state index in [0.29, 0.717) is 22.9 Å². The van der Waals surface area contributed by atoms with Gasteiger partial charge in [-0.25, -0.2) is 0 Å². The van der Waals surface area contributed by atoms with Crippen LogP contribution in [0.25, 0.3) is 5.69 Å². The van der Waals surface area contributed by atoms with Crippen molar-refractivity contribution in [1.82, 2.24) is 9.78 Å². The Bertz CT molecular complexity index is 1070. The second kappa shape index (κ2) is 8.47. The summed E-state index contributed by atoms with van der Waals surface area (Å²) in [6, 6.07) is 13.8. The summed E-state index contributed by atoms with van der Waals surface area (Å²) in [6.07, 6.45) is 4.08. The zero-order valence-electron chi connectivity index (χ0n) is 16.2. The lowest BCUT2D eigenvalue weighted by Gasteiger charge is -2.18. The van der Waals surface area contributed by atoms with Crippen molar-refractivity contribution < 1.29 is 0 Å². The number of hydrogen-bond acceptors (Lipinski definition) is 4. The summed E-state index contributed by atoms with van der Waals surface area (Å²) in [7, 11) is 0. The molecule has 0 radical (unpaired) electrons. The molecule has 7 heteroatoms. The Morgan fingerprint density at radius 2 is 1.72 bits per heavy atom. The van der Waals surface area contributed by atoms with Crippen molar-refractivity contribution in [3.63, 3.8) is 0 Å². The number of nitrogens with zero attached hydrogens (tertiary/aromatic N) is 3. The molecule has 1 saturated heterocycles. The molecule has 150 valence electrons. The molecule has 0 saturated carbocycles. The predicted molar refractivity (Wildman–Crippen MR) is 120 cm³/mol. The molecule has 5 nitrogen and oxygen atoms in total. The standard InChI is InChI=1S/C22H22Cl2N4O/c1-15-4-7-18(12-19(15)23)28-22(29)21(24)20(14-26-28)25-13-16-5-8-17(9-6-16)27-10-2-3-11-27/h4-9,12,14,25H,2-3,10-11,13H2,1H3. The highest BCUT2D eigenvalue weighted by Gasteiger charge is 2.13. The summed E-state index contributed by atoms with van der Waals surface area (Å²) < 4.78 is 1.25. The second-order valence-electron chi connectivity index (χ2n) is 7.24. The summed E-state index contributed by atoms with van der Waals surface area (Å²) in [4.78, 5) is 15.1. The van der Waals surface area contributed by atoms with Gasteiger partial charge in [0.2, 0.25) is 0 Å². The monoisotopic (exact) mass is 428 g/mol. The summed E-state index contributed by atoms with van der Waals surface area (Å²) in [5.74, 6) is 0. The molecule has 0 atom stereocenters. The fraction of sp³-hybridized carbons (Fsp3) is 0.273. The SMILES string of the molecule is Cc1ccc(-n2ncc(NCc3ccc(N4CCCC4)cc3)c(Cl)c2=O)cc1Cl. The number of halogens is 2. The third kappa shape index (κ3) is 4.26. The van der Waals surface area contributed by atoms with Crippen LogP contribution in [0.15, 0.2) is 53.5 Å². The summed E-state index contributed by atoms with van der Waals surface area (Å²) >= 11 is 12.5. The lowest BCUT2D eigenvalue weighted by molar-refractivity contribution is 0.807. The van der Waals surface area contributed by atoms with Crippen LogP contribution in [-0.4, -0.2) is 22.9 Å². The van der Waals surface area contributed by atoms with Crippen LogP contribution in [0.4, 0.5) is 11.4 Å². The maximum absolute atomic E-state index is 12.7. The van der Waals surface area contributed by atoms with Gasteiger partial charge in [0, 0.05) is 30.3 Å². The molecular weight excluding hydrogens is 407 g/mol. The molecule has 29 heavy (non-hydrogen) atoms. The van der Waals surface area contributed by atoms with Crippen LogP contribution < -0.4 is 15.8 Å². The molecule has 0 spiro atoms. The number of aromatic nitrogens is 2. The first-order valence-electron chi connectivity index (χ1n) is 9.65. The van der Waals surface area contributed by atoms with Gasteiger partial charge in [-0.15, -0.1) is 0 Å². The molecule has 2 aromatic carbocycles. The second-order valence-corrected chi connectivity index (χ2v) is 8.02. The van der Waals surface area contributed by atoms with Crippen LogP contribution in [0.1, 0.15) is 24.0 Å². The molecule has 1 N–H and O–H groups in total. The van der Waals surface area contributed by atoms with E-state index >= 15 is 0 Å². The Labute approximate surface area is 179 Å². The van der Waals surface area contributed by atoms with Gasteiger partial charge in [0.15, 0.2) is 0 Å². The average Bonchev–Trinajstić information content (AvgIpc) is 3.27. The van der Waals surface area contributed by atoms with Crippen molar-refractivity contribution in [1.29, 1.82) is 0 Å². The number of anilines is 2. The third-order valence-electron chi connectivity index (χ3n) is 5.21. The number of nitrogens with one attached hydrogen (secondary N) is 1. The Morgan fingerprint density at radius 3 is 2.41 bits per heavy atom. The first kappa shape index (κ1) is 19.8. The Balaban J connectivity index is 1.48. The first-order valence-corrected chi connectivity index (χ1v) is 10.4. The maximum Gasteiger partial charge on any atom is 0.292 e. The van der Waals surface area contributed by atoms with Crippen molar-refractivity contribution in [2.45, 2.75) is 26.3 Å². The van der Waals surface area contributed by atoms with E-state index in [4.69, 9.17) is 23.2 Å². The zero-order valence-corrected chi connectivity index (χ0v) is 17.7. The van der Waals surface area contributed by atoms with Gasteiger partial charge in [0.1, 0.15) is 5.02 Å².